The van der Waals surface area contributed by atoms with Gasteiger partial charge in [-0.3, -0.25) is 9.59 Å². The van der Waals surface area contributed by atoms with Gasteiger partial charge in [0.05, 0.1) is 0 Å². The van der Waals surface area contributed by atoms with Gasteiger partial charge in [0.15, 0.2) is 11.6 Å². The number of rotatable bonds is 5. The van der Waals surface area contributed by atoms with E-state index in [1.807, 2.05) is 0 Å². The highest BCUT2D eigenvalue weighted by Gasteiger charge is 2.49. The van der Waals surface area contributed by atoms with E-state index in [2.05, 4.69) is 10.6 Å². The van der Waals surface area contributed by atoms with Crippen LogP contribution in [0, 0.1) is 5.92 Å². The summed E-state index contributed by atoms with van der Waals surface area (Å²) in [5.74, 6) is -2.22. The smallest absolute Gasteiger partial charge is 0.408 e. The van der Waals surface area contributed by atoms with Gasteiger partial charge in [0.2, 0.25) is 0 Å². The fourth-order valence-corrected chi connectivity index (χ4v) is 5.06. The molecule has 1 aliphatic heterocycles. The number of aliphatic carboxylic acids is 1. The molecular weight excluding hydrogens is 448 g/mol. The number of fused-ring (bicyclic) bond motifs is 2. The van der Waals surface area contributed by atoms with Crippen LogP contribution in [0.5, 0.6) is 0 Å². The zero-order valence-corrected chi connectivity index (χ0v) is 20.1. The van der Waals surface area contributed by atoms with Crippen LogP contribution < -0.4 is 10.6 Å². The molecule has 1 saturated heterocycles. The lowest BCUT2D eigenvalue weighted by Crippen LogP contribution is -2.63. The standard InChI is InChI=1S/C27H30N2O6/c1-26(2,3)35-25(34)29-27(24(32)33,17-11-13-28-14-12-17)15-16-7-6-10-20-21(16)23(31)19-9-5-4-8-18(19)22(20)30/h4-10,17,28H,11-15H2,1-3H3,(H,29,34)(H,32,33)/t27-/m0/s1. The lowest BCUT2D eigenvalue weighted by Gasteiger charge is -2.41. The Morgan fingerprint density at radius 1 is 0.971 bits per heavy atom. The van der Waals surface area contributed by atoms with Gasteiger partial charge in [-0.15, -0.1) is 0 Å². The van der Waals surface area contributed by atoms with Crippen molar-refractivity contribution in [3.8, 4) is 0 Å². The average Bonchev–Trinajstić information content (AvgIpc) is 2.81. The summed E-state index contributed by atoms with van der Waals surface area (Å²) >= 11 is 0. The number of benzene rings is 2. The quantitative estimate of drug-likeness (QED) is 0.514. The van der Waals surface area contributed by atoms with Gasteiger partial charge in [0.1, 0.15) is 11.1 Å². The Kier molecular flexibility index (Phi) is 6.51. The third kappa shape index (κ3) is 4.71. The van der Waals surface area contributed by atoms with E-state index in [9.17, 15) is 24.3 Å². The molecule has 0 saturated carbocycles. The van der Waals surface area contributed by atoms with Crippen molar-refractivity contribution in [2.45, 2.75) is 51.2 Å². The summed E-state index contributed by atoms with van der Waals surface area (Å²) in [7, 11) is 0. The summed E-state index contributed by atoms with van der Waals surface area (Å²) in [5, 5.41) is 16.4. The molecule has 1 aliphatic carbocycles. The number of carbonyl (C=O) groups is 4. The number of hydrogen-bond acceptors (Lipinski definition) is 6. The Morgan fingerprint density at radius 3 is 2.17 bits per heavy atom. The Morgan fingerprint density at radius 2 is 1.57 bits per heavy atom. The van der Waals surface area contributed by atoms with Gasteiger partial charge in [-0.1, -0.05) is 42.5 Å². The number of alkyl carbamates (subject to hydrolysis) is 1. The minimum Gasteiger partial charge on any atom is -0.479 e. The lowest BCUT2D eigenvalue weighted by atomic mass is 9.72. The molecule has 8 nitrogen and oxygen atoms in total. The molecule has 1 heterocycles. The Labute approximate surface area is 204 Å². The fourth-order valence-electron chi connectivity index (χ4n) is 5.06. The summed E-state index contributed by atoms with van der Waals surface area (Å²) in [4.78, 5) is 52.4. The molecule has 3 N–H and O–H groups in total. The first-order valence-corrected chi connectivity index (χ1v) is 11.8. The second kappa shape index (κ2) is 9.26. The van der Waals surface area contributed by atoms with Crippen LogP contribution >= 0.6 is 0 Å². The number of carbonyl (C=O) groups excluding carboxylic acids is 3. The second-order valence-corrected chi connectivity index (χ2v) is 10.1. The molecule has 0 unspecified atom stereocenters. The Balaban J connectivity index is 1.80. The zero-order chi connectivity index (χ0) is 25.4. The predicted octanol–water partition coefficient (Wildman–Crippen LogP) is 3.35. The van der Waals surface area contributed by atoms with Gasteiger partial charge in [0, 0.05) is 28.7 Å². The van der Waals surface area contributed by atoms with E-state index < -0.39 is 29.1 Å². The largest absolute Gasteiger partial charge is 0.479 e. The summed E-state index contributed by atoms with van der Waals surface area (Å²) in [6, 6.07) is 11.5. The molecule has 1 fully saturated rings. The van der Waals surface area contributed by atoms with Gasteiger partial charge < -0.3 is 20.5 Å². The third-order valence-corrected chi connectivity index (χ3v) is 6.65. The molecule has 0 bridgehead atoms. The van der Waals surface area contributed by atoms with Crippen molar-refractivity contribution < 1.29 is 29.0 Å². The number of hydrogen-bond donors (Lipinski definition) is 3. The maximum atomic E-state index is 13.5. The van der Waals surface area contributed by atoms with Crippen molar-refractivity contribution in [1.82, 2.24) is 10.6 Å². The first-order valence-electron chi connectivity index (χ1n) is 11.8. The number of nitrogens with one attached hydrogen (secondary N) is 2. The van der Waals surface area contributed by atoms with E-state index in [-0.39, 0.29) is 29.1 Å². The van der Waals surface area contributed by atoms with Crippen LogP contribution in [-0.2, 0) is 16.0 Å². The topological polar surface area (TPSA) is 122 Å². The first-order chi connectivity index (χ1) is 16.5. The summed E-state index contributed by atoms with van der Waals surface area (Å²) in [6.07, 6.45) is 0.0481. The maximum Gasteiger partial charge on any atom is 0.408 e. The van der Waals surface area contributed by atoms with Crippen LogP contribution in [0.2, 0.25) is 0 Å². The van der Waals surface area contributed by atoms with Crippen LogP contribution in [0.25, 0.3) is 0 Å². The number of piperidine rings is 1. The van der Waals surface area contributed by atoms with Crippen molar-refractivity contribution in [2.24, 2.45) is 5.92 Å². The van der Waals surface area contributed by atoms with Crippen molar-refractivity contribution in [3.63, 3.8) is 0 Å². The van der Waals surface area contributed by atoms with Crippen LogP contribution in [0.15, 0.2) is 42.5 Å². The summed E-state index contributed by atoms with van der Waals surface area (Å²) in [5.41, 5.74) is -1.07. The molecule has 1 amide bonds. The fraction of sp³-hybridized carbons (Fsp3) is 0.407. The monoisotopic (exact) mass is 478 g/mol. The molecular formula is C27H30N2O6. The molecule has 2 aliphatic rings. The van der Waals surface area contributed by atoms with E-state index in [0.29, 0.717) is 42.6 Å². The molecule has 35 heavy (non-hydrogen) atoms. The first kappa shape index (κ1) is 24.6. The van der Waals surface area contributed by atoms with Crippen molar-refractivity contribution in [1.29, 1.82) is 0 Å². The molecule has 1 atom stereocenters. The van der Waals surface area contributed by atoms with E-state index in [4.69, 9.17) is 4.74 Å². The normalized spacial score (nSPS) is 17.7. The third-order valence-electron chi connectivity index (χ3n) is 6.65. The SMILES string of the molecule is CC(C)(C)OC(=O)N[C@](Cc1cccc2c1C(=O)c1ccccc1C2=O)(C(=O)O)C1CCNCC1. The van der Waals surface area contributed by atoms with Crippen molar-refractivity contribution in [3.05, 3.63) is 70.3 Å². The molecule has 4 rings (SSSR count). The average molecular weight is 479 g/mol. The van der Waals surface area contributed by atoms with Crippen LogP contribution in [0.4, 0.5) is 4.79 Å². The predicted molar refractivity (Wildman–Crippen MR) is 129 cm³/mol. The number of carboxylic acid groups (broad SMARTS) is 1. The highest BCUT2D eigenvalue weighted by molar-refractivity contribution is 6.28. The van der Waals surface area contributed by atoms with E-state index in [1.165, 1.54) is 0 Å². The summed E-state index contributed by atoms with van der Waals surface area (Å²) < 4.78 is 5.42. The molecule has 0 aromatic heterocycles. The zero-order valence-electron chi connectivity index (χ0n) is 20.1. The van der Waals surface area contributed by atoms with Gasteiger partial charge in [0.25, 0.3) is 0 Å². The summed E-state index contributed by atoms with van der Waals surface area (Å²) in [6.45, 7) is 6.32. The lowest BCUT2D eigenvalue weighted by molar-refractivity contribution is -0.148. The van der Waals surface area contributed by atoms with Gasteiger partial charge >= 0.3 is 12.1 Å². The van der Waals surface area contributed by atoms with Gasteiger partial charge in [-0.2, -0.15) is 0 Å². The van der Waals surface area contributed by atoms with Crippen molar-refractivity contribution in [2.75, 3.05) is 13.1 Å². The molecule has 2 aromatic carbocycles. The molecule has 0 radical (unpaired) electrons. The van der Waals surface area contributed by atoms with E-state index in [1.54, 1.807) is 63.2 Å². The van der Waals surface area contributed by atoms with E-state index in [0.717, 1.165) is 0 Å². The molecule has 184 valence electrons. The van der Waals surface area contributed by atoms with Gasteiger partial charge in [-0.05, 0) is 58.2 Å². The second-order valence-electron chi connectivity index (χ2n) is 10.1. The highest BCUT2D eigenvalue weighted by Crippen LogP contribution is 2.35. The molecule has 2 aromatic rings. The minimum atomic E-state index is -1.72. The molecule has 8 heteroatoms. The maximum absolute atomic E-state index is 13.5. The Bertz CT molecular complexity index is 1190. The number of carboxylic acids is 1. The minimum absolute atomic E-state index is 0.156. The Hall–Kier alpha value is -3.52. The van der Waals surface area contributed by atoms with Crippen LogP contribution in [0.1, 0.15) is 71.0 Å². The van der Waals surface area contributed by atoms with Crippen molar-refractivity contribution >= 4 is 23.6 Å². The van der Waals surface area contributed by atoms with E-state index >= 15 is 0 Å². The van der Waals surface area contributed by atoms with Crippen LogP contribution in [0.3, 0.4) is 0 Å². The molecule has 0 spiro atoms. The highest BCUT2D eigenvalue weighted by atomic mass is 16.6. The number of ether oxygens (including phenoxy) is 1. The van der Waals surface area contributed by atoms with Crippen LogP contribution in [-0.4, -0.2) is 53.0 Å². The van der Waals surface area contributed by atoms with Gasteiger partial charge in [-0.25, -0.2) is 9.59 Å². The number of ketones is 2. The number of amides is 1.